The highest BCUT2D eigenvalue weighted by molar-refractivity contribution is 6.34. The molecule has 164 valence electrons. The van der Waals surface area contributed by atoms with Crippen LogP contribution in [0.4, 0.5) is 14.5 Å². The van der Waals surface area contributed by atoms with Crippen molar-refractivity contribution in [1.29, 1.82) is 0 Å². The number of hydrogen-bond acceptors (Lipinski definition) is 6. The molecule has 1 amide bonds. The molecule has 11 heteroatoms. The summed E-state index contributed by atoms with van der Waals surface area (Å²) in [7, 11) is 0. The molecule has 0 aliphatic carbocycles. The molecule has 0 fully saturated rings. The molecule has 0 heterocycles. The lowest BCUT2D eigenvalue weighted by Gasteiger charge is -2.21. The monoisotopic (exact) mass is 454 g/mol. The summed E-state index contributed by atoms with van der Waals surface area (Å²) in [5.41, 5.74) is -0.588. The van der Waals surface area contributed by atoms with E-state index >= 15 is 0 Å². The van der Waals surface area contributed by atoms with Crippen LogP contribution in [-0.4, -0.2) is 35.2 Å². The van der Waals surface area contributed by atoms with Crippen molar-refractivity contribution in [3.63, 3.8) is 0 Å². The van der Waals surface area contributed by atoms with E-state index in [1.807, 2.05) is 0 Å². The first-order chi connectivity index (χ1) is 14.5. The van der Waals surface area contributed by atoms with Gasteiger partial charge in [-0.25, -0.2) is 13.6 Å². The Kier molecular flexibility index (Phi) is 7.76. The van der Waals surface area contributed by atoms with Crippen LogP contribution in [0.5, 0.6) is 0 Å². The number of nitro groups is 1. The summed E-state index contributed by atoms with van der Waals surface area (Å²) in [6.45, 7) is 2.48. The van der Waals surface area contributed by atoms with Gasteiger partial charge in [0.1, 0.15) is 6.04 Å². The fraction of sp³-hybridized carbons (Fsp3) is 0.250. The molecule has 0 saturated carbocycles. The average molecular weight is 455 g/mol. The Morgan fingerprint density at radius 3 is 2.35 bits per heavy atom. The van der Waals surface area contributed by atoms with Crippen LogP contribution in [0.15, 0.2) is 36.4 Å². The number of ether oxygens (including phenoxy) is 1. The van der Waals surface area contributed by atoms with E-state index in [1.165, 1.54) is 0 Å². The summed E-state index contributed by atoms with van der Waals surface area (Å²) in [5, 5.41) is 13.0. The highest BCUT2D eigenvalue weighted by atomic mass is 35.5. The Bertz CT molecular complexity index is 1040. The zero-order valence-electron chi connectivity index (χ0n) is 16.4. The van der Waals surface area contributed by atoms with Gasteiger partial charge in [-0.15, -0.1) is 0 Å². The number of esters is 1. The first-order valence-electron chi connectivity index (χ1n) is 8.91. The maximum Gasteiger partial charge on any atom is 0.329 e. The molecule has 0 aliphatic rings. The third kappa shape index (κ3) is 6.05. The molecule has 2 aromatic carbocycles. The van der Waals surface area contributed by atoms with Crippen LogP contribution in [0.25, 0.3) is 0 Å². The molecule has 0 spiro atoms. The Labute approximate surface area is 180 Å². The van der Waals surface area contributed by atoms with Gasteiger partial charge in [0.05, 0.1) is 15.5 Å². The summed E-state index contributed by atoms with van der Waals surface area (Å²) < 4.78 is 31.1. The second kappa shape index (κ2) is 10.1. The van der Waals surface area contributed by atoms with E-state index in [0.29, 0.717) is 6.07 Å². The van der Waals surface area contributed by atoms with Gasteiger partial charge in [0.2, 0.25) is 0 Å². The van der Waals surface area contributed by atoms with E-state index in [9.17, 15) is 33.3 Å². The van der Waals surface area contributed by atoms with Crippen molar-refractivity contribution < 1.29 is 32.8 Å². The number of nitrogens with one attached hydrogen (secondary N) is 1. The summed E-state index contributed by atoms with van der Waals surface area (Å²) in [5.74, 6) is -5.27. The standard InChI is InChI=1S/C20H17ClF2N2O6/c1-10(2)18(24-19(27)13-5-4-12(25(29)30)8-14(13)21)20(28)31-9-17(26)11-3-6-15(22)16(23)7-11/h3-8,10,18H,9H2,1-2H3,(H,24,27). The summed E-state index contributed by atoms with van der Waals surface area (Å²) in [6, 6.07) is 4.57. The van der Waals surface area contributed by atoms with Gasteiger partial charge in [-0.3, -0.25) is 19.7 Å². The Hall–Kier alpha value is -3.40. The predicted octanol–water partition coefficient (Wildman–Crippen LogP) is 3.71. The van der Waals surface area contributed by atoms with Gasteiger partial charge >= 0.3 is 5.97 Å². The Morgan fingerprint density at radius 2 is 1.81 bits per heavy atom. The SMILES string of the molecule is CC(C)C(NC(=O)c1ccc([N+](=O)[O-])cc1Cl)C(=O)OCC(=O)c1ccc(F)c(F)c1. The predicted molar refractivity (Wildman–Crippen MR) is 106 cm³/mol. The van der Waals surface area contributed by atoms with Gasteiger partial charge in [-0.05, 0) is 30.2 Å². The number of carbonyl (C=O) groups is 3. The molecule has 1 N–H and O–H groups in total. The van der Waals surface area contributed by atoms with Gasteiger partial charge in [0.25, 0.3) is 11.6 Å². The third-order valence-electron chi connectivity index (χ3n) is 4.20. The topological polar surface area (TPSA) is 116 Å². The number of halogens is 3. The van der Waals surface area contributed by atoms with Gasteiger partial charge in [-0.2, -0.15) is 0 Å². The number of ketones is 1. The first-order valence-corrected chi connectivity index (χ1v) is 9.28. The molecule has 0 aliphatic heterocycles. The van der Waals surface area contributed by atoms with E-state index in [4.69, 9.17) is 16.3 Å². The van der Waals surface area contributed by atoms with Crippen molar-refractivity contribution in [2.24, 2.45) is 5.92 Å². The number of rotatable bonds is 8. The molecular formula is C20H17ClF2N2O6. The van der Waals surface area contributed by atoms with E-state index < -0.39 is 52.8 Å². The fourth-order valence-electron chi connectivity index (χ4n) is 2.50. The zero-order valence-corrected chi connectivity index (χ0v) is 17.1. The number of nitro benzene ring substituents is 1. The smallest absolute Gasteiger partial charge is 0.329 e. The molecule has 8 nitrogen and oxygen atoms in total. The number of benzene rings is 2. The van der Waals surface area contributed by atoms with Gasteiger partial charge in [0.15, 0.2) is 24.0 Å². The minimum absolute atomic E-state index is 0.0939. The van der Waals surface area contributed by atoms with Crippen molar-refractivity contribution in [3.8, 4) is 0 Å². The van der Waals surface area contributed by atoms with Crippen molar-refractivity contribution in [3.05, 3.63) is 74.3 Å². The molecule has 0 bridgehead atoms. The average Bonchev–Trinajstić information content (AvgIpc) is 2.71. The molecule has 1 atom stereocenters. The lowest BCUT2D eigenvalue weighted by atomic mass is 10.0. The van der Waals surface area contributed by atoms with Crippen LogP contribution in [0.2, 0.25) is 5.02 Å². The first kappa shape index (κ1) is 23.9. The van der Waals surface area contributed by atoms with E-state index in [1.54, 1.807) is 13.8 Å². The van der Waals surface area contributed by atoms with Crippen LogP contribution < -0.4 is 5.32 Å². The molecule has 0 radical (unpaired) electrons. The summed E-state index contributed by atoms with van der Waals surface area (Å²) in [6.07, 6.45) is 0. The maximum atomic E-state index is 13.2. The van der Waals surface area contributed by atoms with E-state index in [-0.39, 0.29) is 21.8 Å². The third-order valence-corrected chi connectivity index (χ3v) is 4.52. The molecule has 2 aromatic rings. The van der Waals surface area contributed by atoms with Crippen LogP contribution in [0.3, 0.4) is 0 Å². The van der Waals surface area contributed by atoms with Gasteiger partial charge in [-0.1, -0.05) is 25.4 Å². The fourth-order valence-corrected chi connectivity index (χ4v) is 2.76. The summed E-state index contributed by atoms with van der Waals surface area (Å²) in [4.78, 5) is 47.0. The molecule has 0 saturated heterocycles. The number of Topliss-reactive ketones (excluding diaryl/α,β-unsaturated/α-hetero) is 1. The normalized spacial score (nSPS) is 11.7. The Balaban J connectivity index is 2.06. The van der Waals surface area contributed by atoms with Crippen LogP contribution >= 0.6 is 11.6 Å². The molecular weight excluding hydrogens is 438 g/mol. The lowest BCUT2D eigenvalue weighted by molar-refractivity contribution is -0.384. The van der Waals surface area contributed by atoms with Crippen molar-refractivity contribution >= 4 is 34.9 Å². The maximum absolute atomic E-state index is 13.2. The number of amides is 1. The highest BCUT2D eigenvalue weighted by Gasteiger charge is 2.28. The second-order valence-corrected chi connectivity index (χ2v) is 7.18. The molecule has 31 heavy (non-hydrogen) atoms. The van der Waals surface area contributed by atoms with Crippen molar-refractivity contribution in [2.45, 2.75) is 19.9 Å². The van der Waals surface area contributed by atoms with E-state index in [2.05, 4.69) is 5.32 Å². The highest BCUT2D eigenvalue weighted by Crippen LogP contribution is 2.23. The quantitative estimate of drug-likeness (QED) is 0.281. The number of nitrogens with zero attached hydrogens (tertiary/aromatic N) is 1. The zero-order chi connectivity index (χ0) is 23.3. The van der Waals surface area contributed by atoms with Crippen molar-refractivity contribution in [1.82, 2.24) is 5.32 Å². The minimum Gasteiger partial charge on any atom is -0.456 e. The van der Waals surface area contributed by atoms with Crippen molar-refractivity contribution in [2.75, 3.05) is 6.61 Å². The molecule has 1 unspecified atom stereocenters. The Morgan fingerprint density at radius 1 is 1.13 bits per heavy atom. The van der Waals surface area contributed by atoms with Crippen LogP contribution in [0.1, 0.15) is 34.6 Å². The van der Waals surface area contributed by atoms with Crippen LogP contribution in [0, 0.1) is 27.7 Å². The molecule has 0 aromatic heterocycles. The van der Waals surface area contributed by atoms with Crippen LogP contribution in [-0.2, 0) is 9.53 Å². The summed E-state index contributed by atoms with van der Waals surface area (Å²) >= 11 is 5.92. The van der Waals surface area contributed by atoms with Gasteiger partial charge in [0, 0.05) is 17.7 Å². The molecule has 2 rings (SSSR count). The number of hydrogen-bond donors (Lipinski definition) is 1. The second-order valence-electron chi connectivity index (χ2n) is 6.78. The van der Waals surface area contributed by atoms with E-state index in [0.717, 1.165) is 30.3 Å². The number of carbonyl (C=O) groups excluding carboxylic acids is 3. The van der Waals surface area contributed by atoms with Gasteiger partial charge < -0.3 is 10.1 Å². The lowest BCUT2D eigenvalue weighted by Crippen LogP contribution is -2.45. The largest absolute Gasteiger partial charge is 0.456 e. The minimum atomic E-state index is -1.22. The number of non-ortho nitro benzene ring substituents is 1.